The number of benzene rings is 2. The zero-order valence-electron chi connectivity index (χ0n) is 19.2. The van der Waals surface area contributed by atoms with Crippen LogP contribution in [0.25, 0.3) is 11.4 Å². The van der Waals surface area contributed by atoms with Gasteiger partial charge in [-0.1, -0.05) is 24.2 Å². The van der Waals surface area contributed by atoms with Crippen molar-refractivity contribution in [2.24, 2.45) is 0 Å². The first-order valence-corrected chi connectivity index (χ1v) is 11.3. The summed E-state index contributed by atoms with van der Waals surface area (Å²) in [6.07, 6.45) is 1.26. The van der Waals surface area contributed by atoms with Crippen molar-refractivity contribution in [1.82, 2.24) is 15.0 Å². The van der Waals surface area contributed by atoms with Crippen LogP contribution in [-0.4, -0.2) is 47.8 Å². The summed E-state index contributed by atoms with van der Waals surface area (Å²) in [7, 11) is 1.60. The van der Waals surface area contributed by atoms with Gasteiger partial charge in [0.05, 0.1) is 26.2 Å². The van der Waals surface area contributed by atoms with E-state index in [2.05, 4.69) is 17.1 Å². The average Bonchev–Trinajstić information content (AvgIpc) is 3.45. The lowest BCUT2D eigenvalue weighted by molar-refractivity contribution is -0.128. The van der Waals surface area contributed by atoms with Crippen molar-refractivity contribution in [3.63, 3.8) is 0 Å². The van der Waals surface area contributed by atoms with Crippen LogP contribution in [0.3, 0.4) is 0 Å². The zero-order valence-corrected chi connectivity index (χ0v) is 19.2. The second-order valence-electron chi connectivity index (χ2n) is 7.93. The first kappa shape index (κ1) is 22.6. The van der Waals surface area contributed by atoms with Gasteiger partial charge in [0.1, 0.15) is 5.75 Å². The Hall–Kier alpha value is -3.55. The minimum absolute atomic E-state index is 0.0701. The number of methoxy groups -OCH3 is 1. The van der Waals surface area contributed by atoms with Gasteiger partial charge in [-0.2, -0.15) is 4.98 Å². The van der Waals surface area contributed by atoms with Crippen LogP contribution in [0.5, 0.6) is 17.2 Å². The summed E-state index contributed by atoms with van der Waals surface area (Å²) >= 11 is 0. The molecule has 1 unspecified atom stereocenters. The zero-order chi connectivity index (χ0) is 23.2. The highest BCUT2D eigenvalue weighted by molar-refractivity contribution is 5.79. The fraction of sp³-hybridized carbons (Fsp3) is 0.400. The molecule has 8 heteroatoms. The molecule has 0 spiro atoms. The van der Waals surface area contributed by atoms with E-state index in [-0.39, 0.29) is 11.8 Å². The fourth-order valence-corrected chi connectivity index (χ4v) is 3.87. The number of amides is 1. The SMILES string of the molecule is CCCOc1ccc(-c2noc(C3CC(=O)N(Cc4cccc(OCC)c4)C3)n2)cc1OC. The van der Waals surface area contributed by atoms with Crippen LogP contribution in [-0.2, 0) is 11.3 Å². The maximum atomic E-state index is 12.6. The first-order chi connectivity index (χ1) is 16.1. The molecule has 0 saturated carbocycles. The molecule has 0 N–H and O–H groups in total. The summed E-state index contributed by atoms with van der Waals surface area (Å²) < 4.78 is 22.3. The second-order valence-corrected chi connectivity index (χ2v) is 7.93. The maximum absolute atomic E-state index is 12.6. The van der Waals surface area contributed by atoms with Crippen molar-refractivity contribution in [3.05, 3.63) is 53.9 Å². The van der Waals surface area contributed by atoms with Gasteiger partial charge in [-0.15, -0.1) is 0 Å². The summed E-state index contributed by atoms with van der Waals surface area (Å²) in [6, 6.07) is 13.4. The monoisotopic (exact) mass is 451 g/mol. The Kier molecular flexibility index (Phi) is 7.12. The lowest BCUT2D eigenvalue weighted by atomic mass is 10.1. The van der Waals surface area contributed by atoms with Crippen LogP contribution in [0.15, 0.2) is 47.0 Å². The number of rotatable bonds is 10. The molecule has 0 aliphatic carbocycles. The Bertz CT molecular complexity index is 1100. The highest BCUT2D eigenvalue weighted by atomic mass is 16.5. The van der Waals surface area contributed by atoms with E-state index >= 15 is 0 Å². The second kappa shape index (κ2) is 10.4. The third-order valence-electron chi connectivity index (χ3n) is 5.47. The molecule has 2 aromatic carbocycles. The van der Waals surface area contributed by atoms with Gasteiger partial charge >= 0.3 is 0 Å². The van der Waals surface area contributed by atoms with Crippen LogP contribution < -0.4 is 14.2 Å². The topological polar surface area (TPSA) is 86.9 Å². The van der Waals surface area contributed by atoms with E-state index in [4.69, 9.17) is 18.7 Å². The van der Waals surface area contributed by atoms with Crippen LogP contribution in [0.1, 0.15) is 44.1 Å². The van der Waals surface area contributed by atoms with Crippen LogP contribution in [0, 0.1) is 0 Å². The first-order valence-electron chi connectivity index (χ1n) is 11.3. The van der Waals surface area contributed by atoms with Gasteiger partial charge in [0, 0.05) is 25.1 Å². The number of carbonyl (C=O) groups is 1. The minimum Gasteiger partial charge on any atom is -0.494 e. The van der Waals surface area contributed by atoms with E-state index in [1.165, 1.54) is 0 Å². The normalized spacial score (nSPS) is 15.7. The number of ether oxygens (including phenoxy) is 3. The Balaban J connectivity index is 1.45. The number of carbonyl (C=O) groups excluding carboxylic acids is 1. The van der Waals surface area contributed by atoms with Crippen molar-refractivity contribution >= 4 is 5.91 Å². The van der Waals surface area contributed by atoms with E-state index < -0.39 is 0 Å². The molecule has 3 aromatic rings. The van der Waals surface area contributed by atoms with Gasteiger partial charge in [-0.05, 0) is 49.2 Å². The summed E-state index contributed by atoms with van der Waals surface area (Å²) in [5, 5.41) is 4.14. The minimum atomic E-state index is -0.136. The molecule has 1 saturated heterocycles. The van der Waals surface area contributed by atoms with E-state index in [0.717, 1.165) is 23.3 Å². The van der Waals surface area contributed by atoms with Crippen molar-refractivity contribution in [3.8, 4) is 28.6 Å². The number of likely N-dealkylation sites (tertiary alicyclic amines) is 1. The summed E-state index contributed by atoms with van der Waals surface area (Å²) in [5.41, 5.74) is 1.79. The van der Waals surface area contributed by atoms with Gasteiger partial charge in [0.2, 0.25) is 17.6 Å². The lowest BCUT2D eigenvalue weighted by Crippen LogP contribution is -2.24. The molecule has 0 bridgehead atoms. The predicted octanol–water partition coefficient (Wildman–Crippen LogP) is 4.45. The molecule has 8 nitrogen and oxygen atoms in total. The molecular formula is C25H29N3O5. The molecule has 33 heavy (non-hydrogen) atoms. The van der Waals surface area contributed by atoms with Crippen LogP contribution in [0.2, 0.25) is 0 Å². The smallest absolute Gasteiger partial charge is 0.232 e. The third kappa shape index (κ3) is 5.27. The number of hydrogen-bond acceptors (Lipinski definition) is 7. The molecule has 4 rings (SSSR count). The molecule has 1 aromatic heterocycles. The van der Waals surface area contributed by atoms with Crippen LogP contribution >= 0.6 is 0 Å². The van der Waals surface area contributed by atoms with Crippen molar-refractivity contribution in [1.29, 1.82) is 0 Å². The highest BCUT2D eigenvalue weighted by Gasteiger charge is 2.34. The number of aromatic nitrogens is 2. The van der Waals surface area contributed by atoms with Gasteiger partial charge in [0.25, 0.3) is 0 Å². The van der Waals surface area contributed by atoms with Gasteiger partial charge in [-0.3, -0.25) is 4.79 Å². The maximum Gasteiger partial charge on any atom is 0.232 e. The fourth-order valence-electron chi connectivity index (χ4n) is 3.87. The molecule has 0 radical (unpaired) electrons. The third-order valence-corrected chi connectivity index (χ3v) is 5.47. The number of hydrogen-bond donors (Lipinski definition) is 0. The Morgan fingerprint density at radius 3 is 2.79 bits per heavy atom. The van der Waals surface area contributed by atoms with E-state index in [0.29, 0.717) is 55.9 Å². The Morgan fingerprint density at radius 1 is 1.12 bits per heavy atom. The standard InChI is InChI=1S/C25H29N3O5/c1-4-11-32-21-10-9-18(13-22(21)30-3)24-26-25(33-27-24)19-14-23(29)28(16-19)15-17-7-6-8-20(12-17)31-5-2/h6-10,12-13,19H,4-5,11,14-16H2,1-3H3. The number of nitrogens with zero attached hydrogens (tertiary/aromatic N) is 3. The van der Waals surface area contributed by atoms with Crippen molar-refractivity contribution < 1.29 is 23.5 Å². The highest BCUT2D eigenvalue weighted by Crippen LogP contribution is 2.34. The average molecular weight is 452 g/mol. The van der Waals surface area contributed by atoms with Crippen molar-refractivity contribution in [2.75, 3.05) is 26.9 Å². The van der Waals surface area contributed by atoms with Gasteiger partial charge in [-0.25, -0.2) is 0 Å². The summed E-state index contributed by atoms with van der Waals surface area (Å²) in [5.74, 6) is 2.96. The molecular weight excluding hydrogens is 422 g/mol. The molecule has 1 fully saturated rings. The van der Waals surface area contributed by atoms with Crippen molar-refractivity contribution in [2.45, 2.75) is 39.2 Å². The molecule has 1 amide bonds. The Morgan fingerprint density at radius 2 is 2.00 bits per heavy atom. The van der Waals surface area contributed by atoms with E-state index in [9.17, 15) is 4.79 Å². The largest absolute Gasteiger partial charge is 0.494 e. The lowest BCUT2D eigenvalue weighted by Gasteiger charge is -2.16. The summed E-state index contributed by atoms with van der Waals surface area (Å²) in [6.45, 7) is 6.28. The van der Waals surface area contributed by atoms with Crippen LogP contribution in [0.4, 0.5) is 0 Å². The Labute approximate surface area is 193 Å². The molecule has 1 aliphatic heterocycles. The molecule has 174 valence electrons. The molecule has 1 aliphatic rings. The molecule has 2 heterocycles. The predicted molar refractivity (Wildman–Crippen MR) is 122 cm³/mol. The quantitative estimate of drug-likeness (QED) is 0.450. The van der Waals surface area contributed by atoms with E-state index in [1.807, 2.05) is 54.3 Å². The summed E-state index contributed by atoms with van der Waals surface area (Å²) in [4.78, 5) is 19.0. The van der Waals surface area contributed by atoms with Gasteiger partial charge < -0.3 is 23.6 Å². The van der Waals surface area contributed by atoms with Gasteiger partial charge in [0.15, 0.2) is 11.5 Å². The molecule has 1 atom stereocenters. The van der Waals surface area contributed by atoms with E-state index in [1.54, 1.807) is 7.11 Å².